The predicted molar refractivity (Wildman–Crippen MR) is 116 cm³/mol. The van der Waals surface area contributed by atoms with E-state index in [0.29, 0.717) is 11.1 Å². The first-order valence-corrected chi connectivity index (χ1v) is 9.88. The first-order valence-electron chi connectivity index (χ1n) is 9.88. The van der Waals surface area contributed by atoms with Crippen LogP contribution in [0.1, 0.15) is 12.1 Å². The lowest BCUT2D eigenvalue weighted by molar-refractivity contribution is -0.142. The summed E-state index contributed by atoms with van der Waals surface area (Å²) in [7, 11) is 0. The van der Waals surface area contributed by atoms with Crippen molar-refractivity contribution in [2.75, 3.05) is 5.32 Å². The minimum atomic E-state index is -4.66. The molecule has 172 valence electrons. The third-order valence-corrected chi connectivity index (χ3v) is 4.83. The number of alkyl halides is 3. The van der Waals surface area contributed by atoms with Gasteiger partial charge in [-0.25, -0.2) is 14.5 Å². The van der Waals surface area contributed by atoms with Crippen molar-refractivity contribution in [3.05, 3.63) is 90.1 Å². The number of aromatic nitrogens is 4. The normalized spacial score (nSPS) is 13.6. The molecule has 3 heterocycles. The molecule has 4 rings (SSSR count). The molecular weight excluding hydrogens is 451 g/mol. The van der Waals surface area contributed by atoms with Crippen molar-refractivity contribution in [2.24, 2.45) is 0 Å². The Kier molecular flexibility index (Phi) is 6.09. The molecule has 0 aliphatic heterocycles. The van der Waals surface area contributed by atoms with Gasteiger partial charge in [-0.3, -0.25) is 9.78 Å². The maximum Gasteiger partial charge on any atom is 0.433 e. The number of nitrogens with one attached hydrogen (secondary N) is 1. The Balaban J connectivity index is 1.57. The largest absolute Gasteiger partial charge is 0.478 e. The van der Waals surface area contributed by atoms with Gasteiger partial charge < -0.3 is 10.4 Å². The number of amides is 1. The van der Waals surface area contributed by atoms with E-state index in [9.17, 15) is 22.8 Å². The number of rotatable bonds is 5. The maximum absolute atomic E-state index is 13.6. The molecule has 0 saturated heterocycles. The van der Waals surface area contributed by atoms with Crippen LogP contribution in [0.25, 0.3) is 16.9 Å². The molecule has 0 radical (unpaired) electrons. The molecule has 1 amide bonds. The number of carboxylic acid groups (broad SMARTS) is 1. The molecule has 8 nitrogen and oxygen atoms in total. The molecule has 3 aromatic rings. The summed E-state index contributed by atoms with van der Waals surface area (Å²) in [5.41, 5.74) is -0.0802. The number of anilines is 1. The van der Waals surface area contributed by atoms with Gasteiger partial charge in [0.1, 0.15) is 11.5 Å². The highest BCUT2D eigenvalue weighted by molar-refractivity contribution is 6.04. The second-order valence-corrected chi connectivity index (χ2v) is 7.15. The van der Waals surface area contributed by atoms with Gasteiger partial charge in [0.15, 0.2) is 0 Å². The fourth-order valence-corrected chi connectivity index (χ4v) is 3.15. The van der Waals surface area contributed by atoms with E-state index in [1.807, 2.05) is 0 Å². The third-order valence-electron chi connectivity index (χ3n) is 4.83. The van der Waals surface area contributed by atoms with Gasteiger partial charge in [0.05, 0.1) is 23.2 Å². The zero-order chi connectivity index (χ0) is 24.3. The first kappa shape index (κ1) is 22.6. The molecule has 1 aliphatic rings. The maximum atomic E-state index is 13.6. The number of aliphatic carboxylic acids is 1. The number of carbonyl (C=O) groups is 2. The monoisotopic (exact) mass is 467 g/mol. The van der Waals surface area contributed by atoms with Gasteiger partial charge in [0, 0.05) is 23.5 Å². The molecule has 0 bridgehead atoms. The Morgan fingerprint density at radius 3 is 2.59 bits per heavy atom. The van der Waals surface area contributed by atoms with Crippen LogP contribution in [-0.4, -0.2) is 36.7 Å². The van der Waals surface area contributed by atoms with Crippen LogP contribution >= 0.6 is 0 Å². The second kappa shape index (κ2) is 9.14. The molecule has 34 heavy (non-hydrogen) atoms. The van der Waals surface area contributed by atoms with E-state index in [1.54, 1.807) is 18.2 Å². The number of carbonyl (C=O) groups excluding carboxylic acids is 1. The molecule has 2 N–H and O–H groups in total. The summed E-state index contributed by atoms with van der Waals surface area (Å²) in [5, 5.41) is 15.7. The molecule has 0 unspecified atom stereocenters. The van der Waals surface area contributed by atoms with E-state index in [0.717, 1.165) is 16.9 Å². The molecule has 3 aromatic heterocycles. The number of halogens is 3. The van der Waals surface area contributed by atoms with Crippen LogP contribution in [0, 0.1) is 0 Å². The van der Waals surface area contributed by atoms with Crippen LogP contribution in [0.2, 0.25) is 0 Å². The lowest BCUT2D eigenvalue weighted by atomic mass is 10.1. The standard InChI is InChI=1S/C23H16F3N5O3/c24-23(25,26)19-11-18(16-5-2-10-27-12-16)30-31(19)17-8-9-20(28-13-17)29-21(32)14-3-1-4-15(7-6-14)22(33)34/h1-2,4-13H,3H2,(H,33,34)(H,28,29,32). The lowest BCUT2D eigenvalue weighted by Gasteiger charge is -2.11. The molecule has 1 aliphatic carbocycles. The van der Waals surface area contributed by atoms with Crippen LogP contribution in [0.3, 0.4) is 0 Å². The van der Waals surface area contributed by atoms with Crippen molar-refractivity contribution in [1.82, 2.24) is 19.7 Å². The Bertz CT molecular complexity index is 1320. The van der Waals surface area contributed by atoms with Crippen molar-refractivity contribution < 1.29 is 27.9 Å². The van der Waals surface area contributed by atoms with E-state index in [2.05, 4.69) is 20.4 Å². The Morgan fingerprint density at radius 1 is 1.12 bits per heavy atom. The van der Waals surface area contributed by atoms with Crippen LogP contribution in [0.4, 0.5) is 19.0 Å². The summed E-state index contributed by atoms with van der Waals surface area (Å²) >= 11 is 0. The summed E-state index contributed by atoms with van der Waals surface area (Å²) in [6.45, 7) is 0. The fraction of sp³-hybridized carbons (Fsp3) is 0.0870. The summed E-state index contributed by atoms with van der Waals surface area (Å²) in [5.74, 6) is -1.52. The van der Waals surface area contributed by atoms with Crippen LogP contribution in [0.15, 0.2) is 84.4 Å². The van der Waals surface area contributed by atoms with Crippen molar-refractivity contribution >= 4 is 17.7 Å². The predicted octanol–water partition coefficient (Wildman–Crippen LogP) is 4.18. The molecule has 0 aromatic carbocycles. The van der Waals surface area contributed by atoms with Crippen LogP contribution < -0.4 is 5.32 Å². The van der Waals surface area contributed by atoms with Crippen molar-refractivity contribution in [3.63, 3.8) is 0 Å². The van der Waals surface area contributed by atoms with Gasteiger partial charge in [-0.15, -0.1) is 0 Å². The zero-order valence-electron chi connectivity index (χ0n) is 17.3. The van der Waals surface area contributed by atoms with Gasteiger partial charge in [0.25, 0.3) is 5.91 Å². The number of hydrogen-bond donors (Lipinski definition) is 2. The van der Waals surface area contributed by atoms with Gasteiger partial charge in [-0.05, 0) is 42.8 Å². The molecule has 0 spiro atoms. The second-order valence-electron chi connectivity index (χ2n) is 7.15. The van der Waals surface area contributed by atoms with E-state index >= 15 is 0 Å². The Labute approximate surface area is 190 Å². The summed E-state index contributed by atoms with van der Waals surface area (Å²) < 4.78 is 41.6. The van der Waals surface area contributed by atoms with Crippen LogP contribution in [-0.2, 0) is 15.8 Å². The van der Waals surface area contributed by atoms with E-state index in [1.165, 1.54) is 42.8 Å². The minimum absolute atomic E-state index is 0.0376. The Morgan fingerprint density at radius 2 is 1.94 bits per heavy atom. The molecule has 11 heteroatoms. The van der Waals surface area contributed by atoms with Gasteiger partial charge in [-0.1, -0.05) is 18.2 Å². The summed E-state index contributed by atoms with van der Waals surface area (Å²) in [6, 6.07) is 6.82. The molecule has 0 atom stereocenters. The van der Waals surface area contributed by atoms with Crippen LogP contribution in [0.5, 0.6) is 0 Å². The fourth-order valence-electron chi connectivity index (χ4n) is 3.15. The van der Waals surface area contributed by atoms with Gasteiger partial charge in [0.2, 0.25) is 0 Å². The third kappa shape index (κ3) is 4.93. The number of carboxylic acids is 1. The molecular formula is C23H16F3N5O3. The van der Waals surface area contributed by atoms with Crippen molar-refractivity contribution in [3.8, 4) is 16.9 Å². The highest BCUT2D eigenvalue weighted by Crippen LogP contribution is 2.34. The minimum Gasteiger partial charge on any atom is -0.478 e. The van der Waals surface area contributed by atoms with E-state index in [-0.39, 0.29) is 29.2 Å². The summed E-state index contributed by atoms with van der Waals surface area (Å²) in [4.78, 5) is 31.5. The zero-order valence-corrected chi connectivity index (χ0v) is 17.3. The molecule has 0 fully saturated rings. The smallest absolute Gasteiger partial charge is 0.433 e. The quantitative estimate of drug-likeness (QED) is 0.583. The highest BCUT2D eigenvalue weighted by atomic mass is 19.4. The average Bonchev–Trinajstić information content (AvgIpc) is 3.12. The van der Waals surface area contributed by atoms with E-state index in [4.69, 9.17) is 5.11 Å². The van der Waals surface area contributed by atoms with E-state index < -0.39 is 23.7 Å². The van der Waals surface area contributed by atoms with Gasteiger partial charge in [-0.2, -0.15) is 18.3 Å². The average molecular weight is 467 g/mol. The number of nitrogens with zero attached hydrogens (tertiary/aromatic N) is 4. The van der Waals surface area contributed by atoms with Crippen molar-refractivity contribution in [1.29, 1.82) is 0 Å². The molecule has 0 saturated carbocycles. The highest BCUT2D eigenvalue weighted by Gasteiger charge is 2.36. The lowest BCUT2D eigenvalue weighted by Crippen LogP contribution is -2.16. The number of pyridine rings is 2. The number of hydrogen-bond acceptors (Lipinski definition) is 5. The topological polar surface area (TPSA) is 110 Å². The summed E-state index contributed by atoms with van der Waals surface area (Å²) in [6.07, 6.45) is 5.27. The number of allylic oxidation sites excluding steroid dienone is 3. The SMILES string of the molecule is O=C(O)C1=CC=C(C(=O)Nc2ccc(-n3nc(-c4cccnc4)cc3C(F)(F)F)cn2)CC=C1. The van der Waals surface area contributed by atoms with Gasteiger partial charge >= 0.3 is 12.1 Å². The van der Waals surface area contributed by atoms with Crippen molar-refractivity contribution in [2.45, 2.75) is 12.6 Å². The Hall–Kier alpha value is -4.54. The first-order chi connectivity index (χ1) is 16.2.